The summed E-state index contributed by atoms with van der Waals surface area (Å²) >= 11 is 1.57. The molecular weight excluding hydrogens is 402 g/mol. The Labute approximate surface area is 194 Å². The molecule has 1 aromatic heterocycles. The van der Waals surface area contributed by atoms with Crippen molar-refractivity contribution in [3.63, 3.8) is 0 Å². The number of benzene rings is 1. The van der Waals surface area contributed by atoms with Crippen molar-refractivity contribution in [2.24, 2.45) is 0 Å². The van der Waals surface area contributed by atoms with E-state index in [0.717, 1.165) is 27.3 Å². The van der Waals surface area contributed by atoms with E-state index in [2.05, 4.69) is 19.2 Å². The number of phenolic OH excluding ortho intramolecular Hbond substituents is 1. The second-order valence-corrected chi connectivity index (χ2v) is 9.50. The number of hydrogen-bond acceptors (Lipinski definition) is 3. The van der Waals surface area contributed by atoms with Gasteiger partial charge in [-0.15, -0.1) is 11.3 Å². The van der Waals surface area contributed by atoms with Gasteiger partial charge in [0.2, 0.25) is 5.91 Å². The third-order valence-corrected chi connectivity index (χ3v) is 6.58. The maximum absolute atomic E-state index is 12.0. The maximum Gasteiger partial charge on any atom is 0.229 e. The smallest absolute Gasteiger partial charge is 0.229 e. The van der Waals surface area contributed by atoms with Crippen LogP contribution in [-0.2, 0) is 11.2 Å². The van der Waals surface area contributed by atoms with Gasteiger partial charge in [-0.1, -0.05) is 84.1 Å². The van der Waals surface area contributed by atoms with Gasteiger partial charge < -0.3 is 10.4 Å². The predicted molar refractivity (Wildman–Crippen MR) is 136 cm³/mol. The van der Waals surface area contributed by atoms with E-state index < -0.39 is 0 Å². The quantitative estimate of drug-likeness (QED) is 0.254. The largest absolute Gasteiger partial charge is 0.507 e. The number of hydrogen-bond donors (Lipinski definition) is 2. The van der Waals surface area contributed by atoms with Crippen molar-refractivity contribution >= 4 is 22.9 Å². The summed E-state index contributed by atoms with van der Waals surface area (Å²) in [5.41, 5.74) is 3.26. The van der Waals surface area contributed by atoms with Crippen LogP contribution in [0.4, 0.5) is 5.69 Å². The number of phenols is 1. The minimum Gasteiger partial charge on any atom is -0.507 e. The molecule has 0 aliphatic rings. The summed E-state index contributed by atoms with van der Waals surface area (Å²) in [6.45, 7) is 10.1. The van der Waals surface area contributed by atoms with Crippen molar-refractivity contribution < 1.29 is 9.90 Å². The molecule has 4 heteroatoms. The van der Waals surface area contributed by atoms with E-state index in [9.17, 15) is 9.90 Å². The van der Waals surface area contributed by atoms with Gasteiger partial charge >= 0.3 is 0 Å². The highest BCUT2D eigenvalue weighted by Crippen LogP contribution is 2.30. The number of thiophene rings is 1. The van der Waals surface area contributed by atoms with E-state index in [1.165, 1.54) is 64.2 Å². The Morgan fingerprint density at radius 2 is 1.45 bits per heavy atom. The zero-order chi connectivity index (χ0) is 23.1. The van der Waals surface area contributed by atoms with E-state index >= 15 is 0 Å². The summed E-state index contributed by atoms with van der Waals surface area (Å²) in [6, 6.07) is 5.70. The molecule has 1 aromatic carbocycles. The topological polar surface area (TPSA) is 49.3 Å². The second-order valence-electron chi connectivity index (χ2n) is 8.47. The third kappa shape index (κ3) is 10.9. The van der Waals surface area contributed by atoms with Crippen LogP contribution in [-0.4, -0.2) is 11.0 Å². The molecule has 3 nitrogen and oxygen atoms in total. The molecule has 0 bridgehead atoms. The number of carbonyl (C=O) groups is 1. The summed E-state index contributed by atoms with van der Waals surface area (Å²) in [7, 11) is 0. The van der Waals surface area contributed by atoms with Gasteiger partial charge in [-0.25, -0.2) is 0 Å². The van der Waals surface area contributed by atoms with Gasteiger partial charge in [0.15, 0.2) is 0 Å². The number of unbranched alkanes of at least 4 members (excludes halogenated alkanes) is 9. The average Bonchev–Trinajstić information content (AvgIpc) is 3.26. The van der Waals surface area contributed by atoms with Crippen LogP contribution in [0.1, 0.15) is 99.6 Å². The molecule has 0 atom stereocenters. The summed E-state index contributed by atoms with van der Waals surface area (Å²) in [5.74, 6) is 0.267. The average molecular weight is 446 g/mol. The second kappa shape index (κ2) is 15.9. The molecule has 31 heavy (non-hydrogen) atoms. The van der Waals surface area contributed by atoms with Gasteiger partial charge in [0, 0.05) is 10.6 Å². The van der Waals surface area contributed by atoms with Gasteiger partial charge in [0.1, 0.15) is 5.75 Å². The molecule has 0 aliphatic heterocycles. The monoisotopic (exact) mass is 445 g/mol. The highest BCUT2D eigenvalue weighted by Gasteiger charge is 2.12. The van der Waals surface area contributed by atoms with Crippen LogP contribution in [0, 0.1) is 20.8 Å². The fraction of sp³-hybridized carbons (Fsp3) is 0.593. The number of rotatable bonds is 12. The molecule has 0 saturated carbocycles. The third-order valence-electron chi connectivity index (χ3n) is 5.70. The lowest BCUT2D eigenvalue weighted by Crippen LogP contribution is -2.15. The standard InChI is InChI=1S/C15H17NO2S.C12H26/c1-9-7-13(10(2)11(3)15(9)18)16-14(17)8-12-5-4-6-19-12;1-3-5-7-9-11-12-10-8-6-4-2/h4-7,18H,8H2,1-3H3,(H,16,17);3-12H2,1-2H3. The molecule has 0 spiro atoms. The van der Waals surface area contributed by atoms with Gasteiger partial charge in [0.05, 0.1) is 6.42 Å². The van der Waals surface area contributed by atoms with Gasteiger partial charge in [0.25, 0.3) is 0 Å². The molecule has 0 radical (unpaired) electrons. The number of amides is 1. The minimum absolute atomic E-state index is 0.0324. The van der Waals surface area contributed by atoms with Crippen LogP contribution in [0.25, 0.3) is 0 Å². The molecule has 2 rings (SSSR count). The molecule has 0 saturated heterocycles. The maximum atomic E-state index is 12.0. The predicted octanol–water partition coefficient (Wildman–Crippen LogP) is 8.49. The Bertz CT molecular complexity index is 743. The van der Waals surface area contributed by atoms with E-state index in [4.69, 9.17) is 0 Å². The van der Waals surface area contributed by atoms with Crippen LogP contribution in [0.5, 0.6) is 5.75 Å². The summed E-state index contributed by atoms with van der Waals surface area (Å²) in [6.07, 6.45) is 14.8. The van der Waals surface area contributed by atoms with E-state index in [0.29, 0.717) is 12.2 Å². The molecule has 0 fully saturated rings. The Hall–Kier alpha value is -1.81. The summed E-state index contributed by atoms with van der Waals surface area (Å²) in [5, 5.41) is 14.7. The highest BCUT2D eigenvalue weighted by molar-refractivity contribution is 7.10. The van der Waals surface area contributed by atoms with Crippen LogP contribution in [0.15, 0.2) is 23.6 Å². The Morgan fingerprint density at radius 3 is 1.94 bits per heavy atom. The zero-order valence-corrected chi connectivity index (χ0v) is 21.2. The number of aryl methyl sites for hydroxylation is 1. The number of carbonyl (C=O) groups excluding carboxylic acids is 1. The lowest BCUT2D eigenvalue weighted by Gasteiger charge is -2.13. The van der Waals surface area contributed by atoms with Crippen molar-refractivity contribution in [3.05, 3.63) is 45.1 Å². The first-order chi connectivity index (χ1) is 14.9. The van der Waals surface area contributed by atoms with Crippen molar-refractivity contribution in [1.82, 2.24) is 0 Å². The fourth-order valence-corrected chi connectivity index (χ4v) is 4.23. The van der Waals surface area contributed by atoms with Crippen molar-refractivity contribution in [2.75, 3.05) is 5.32 Å². The summed E-state index contributed by atoms with van der Waals surface area (Å²) < 4.78 is 0. The first-order valence-electron chi connectivity index (χ1n) is 12.0. The lowest BCUT2D eigenvalue weighted by molar-refractivity contribution is -0.115. The molecule has 174 valence electrons. The van der Waals surface area contributed by atoms with E-state index in [1.807, 2.05) is 44.4 Å². The highest BCUT2D eigenvalue weighted by atomic mass is 32.1. The Morgan fingerprint density at radius 1 is 0.903 bits per heavy atom. The van der Waals surface area contributed by atoms with Crippen molar-refractivity contribution in [1.29, 1.82) is 0 Å². The van der Waals surface area contributed by atoms with Crippen LogP contribution in [0.2, 0.25) is 0 Å². The zero-order valence-electron chi connectivity index (χ0n) is 20.4. The fourth-order valence-electron chi connectivity index (χ4n) is 3.52. The molecule has 1 heterocycles. The molecule has 2 N–H and O–H groups in total. The van der Waals surface area contributed by atoms with Crippen LogP contribution >= 0.6 is 11.3 Å². The van der Waals surface area contributed by atoms with E-state index in [-0.39, 0.29) is 5.91 Å². The van der Waals surface area contributed by atoms with Crippen molar-refractivity contribution in [3.8, 4) is 5.75 Å². The molecule has 0 unspecified atom stereocenters. The van der Waals surface area contributed by atoms with Gasteiger partial charge in [-0.2, -0.15) is 0 Å². The van der Waals surface area contributed by atoms with Crippen LogP contribution in [0.3, 0.4) is 0 Å². The number of nitrogens with one attached hydrogen (secondary N) is 1. The first-order valence-corrected chi connectivity index (χ1v) is 12.9. The molecule has 2 aromatic rings. The Kier molecular flexibility index (Phi) is 14.0. The normalized spacial score (nSPS) is 10.5. The number of aromatic hydroxyl groups is 1. The minimum atomic E-state index is -0.0324. The van der Waals surface area contributed by atoms with Gasteiger partial charge in [-0.3, -0.25) is 4.79 Å². The Balaban J connectivity index is 0.000000348. The van der Waals surface area contributed by atoms with Crippen LogP contribution < -0.4 is 5.32 Å². The molecule has 1 amide bonds. The van der Waals surface area contributed by atoms with E-state index in [1.54, 1.807) is 11.3 Å². The number of anilines is 1. The lowest BCUT2D eigenvalue weighted by atomic mass is 10.0. The molecular formula is C27H43NO2S. The van der Waals surface area contributed by atoms with Gasteiger partial charge in [-0.05, 0) is 55.0 Å². The first kappa shape index (κ1) is 27.2. The molecule has 0 aliphatic carbocycles. The summed E-state index contributed by atoms with van der Waals surface area (Å²) in [4.78, 5) is 13.0. The van der Waals surface area contributed by atoms with Crippen molar-refractivity contribution in [2.45, 2.75) is 105 Å². The SMILES string of the molecule is CCCCCCCCCCCC.Cc1cc(NC(=O)Cc2cccs2)c(C)c(C)c1O.